The van der Waals surface area contributed by atoms with Crippen LogP contribution in [0.25, 0.3) is 0 Å². The Balaban J connectivity index is 2.69. The van der Waals surface area contributed by atoms with Crippen LogP contribution in [0.2, 0.25) is 0 Å². The van der Waals surface area contributed by atoms with Crippen molar-refractivity contribution >= 4 is 15.9 Å². The fourth-order valence-corrected chi connectivity index (χ4v) is 0.952. The van der Waals surface area contributed by atoms with Crippen LogP contribution in [0.5, 0.6) is 0 Å². The molecule has 1 aromatic rings. The molecule has 53 valence electrons. The van der Waals surface area contributed by atoms with Gasteiger partial charge in [0, 0.05) is 22.8 Å². The van der Waals surface area contributed by atoms with Gasteiger partial charge in [0.1, 0.15) is 0 Å². The zero-order chi connectivity index (χ0) is 7.40. The maximum atomic E-state index is 4.17. The average molecular weight is 199 g/mol. The van der Waals surface area contributed by atoms with E-state index in [2.05, 4.69) is 34.3 Å². The molecular weight excluding hydrogens is 190 g/mol. The van der Waals surface area contributed by atoms with Gasteiger partial charge in [-0.3, -0.25) is 4.98 Å². The maximum absolute atomic E-state index is 4.17. The first-order valence-corrected chi connectivity index (χ1v) is 4.07. The molecule has 1 radical (unpaired) electrons. The zero-order valence-electron chi connectivity index (χ0n) is 5.84. The molecular formula is C8H9BrN. The van der Waals surface area contributed by atoms with Crippen LogP contribution in [0.3, 0.4) is 0 Å². The molecule has 1 rings (SSSR count). The SMILES string of the molecule is CC[CH]c1ccc(Br)cn1. The van der Waals surface area contributed by atoms with E-state index in [4.69, 9.17) is 0 Å². The quantitative estimate of drug-likeness (QED) is 0.713. The molecule has 0 amide bonds. The first-order chi connectivity index (χ1) is 4.83. The van der Waals surface area contributed by atoms with E-state index < -0.39 is 0 Å². The van der Waals surface area contributed by atoms with Gasteiger partial charge >= 0.3 is 0 Å². The molecule has 0 aliphatic carbocycles. The van der Waals surface area contributed by atoms with Crippen molar-refractivity contribution in [1.82, 2.24) is 4.98 Å². The van der Waals surface area contributed by atoms with E-state index in [0.717, 1.165) is 16.6 Å². The lowest BCUT2D eigenvalue weighted by Crippen LogP contribution is -1.83. The number of hydrogen-bond donors (Lipinski definition) is 0. The molecule has 0 aliphatic rings. The van der Waals surface area contributed by atoms with Crippen molar-refractivity contribution in [3.63, 3.8) is 0 Å². The molecule has 0 N–H and O–H groups in total. The van der Waals surface area contributed by atoms with Gasteiger partial charge in [0.2, 0.25) is 0 Å². The zero-order valence-corrected chi connectivity index (χ0v) is 7.43. The molecule has 0 saturated carbocycles. The van der Waals surface area contributed by atoms with E-state index in [1.54, 1.807) is 0 Å². The summed E-state index contributed by atoms with van der Waals surface area (Å²) in [4.78, 5) is 4.17. The molecule has 1 heterocycles. The Morgan fingerprint density at radius 1 is 1.60 bits per heavy atom. The van der Waals surface area contributed by atoms with Gasteiger partial charge in [0.25, 0.3) is 0 Å². The van der Waals surface area contributed by atoms with Crippen molar-refractivity contribution in [1.29, 1.82) is 0 Å². The molecule has 0 fully saturated rings. The fourth-order valence-electron chi connectivity index (χ4n) is 0.717. The van der Waals surface area contributed by atoms with Crippen LogP contribution >= 0.6 is 15.9 Å². The Bertz CT molecular complexity index is 193. The smallest absolute Gasteiger partial charge is 0.0441 e. The van der Waals surface area contributed by atoms with E-state index in [9.17, 15) is 0 Å². The van der Waals surface area contributed by atoms with E-state index >= 15 is 0 Å². The molecule has 0 unspecified atom stereocenters. The van der Waals surface area contributed by atoms with Gasteiger partial charge in [-0.2, -0.15) is 0 Å². The van der Waals surface area contributed by atoms with E-state index in [0.29, 0.717) is 0 Å². The normalized spacial score (nSPS) is 9.80. The van der Waals surface area contributed by atoms with Gasteiger partial charge in [-0.25, -0.2) is 0 Å². The Hall–Kier alpha value is -0.370. The molecule has 10 heavy (non-hydrogen) atoms. The predicted octanol–water partition coefficient (Wildman–Crippen LogP) is 2.81. The summed E-state index contributed by atoms with van der Waals surface area (Å²) < 4.78 is 1.03. The van der Waals surface area contributed by atoms with Crippen molar-refractivity contribution in [3.05, 3.63) is 34.9 Å². The van der Waals surface area contributed by atoms with E-state index in [1.165, 1.54) is 0 Å². The minimum absolute atomic E-state index is 1.03. The molecule has 1 nitrogen and oxygen atoms in total. The summed E-state index contributed by atoms with van der Waals surface area (Å²) in [5, 5.41) is 0. The lowest BCUT2D eigenvalue weighted by molar-refractivity contribution is 1.06. The number of nitrogens with zero attached hydrogens (tertiary/aromatic N) is 1. The van der Waals surface area contributed by atoms with Gasteiger partial charge in [-0.15, -0.1) is 0 Å². The van der Waals surface area contributed by atoms with Gasteiger partial charge in [0.05, 0.1) is 0 Å². The number of pyridine rings is 1. The second-order valence-corrected chi connectivity index (χ2v) is 2.93. The molecule has 0 aromatic carbocycles. The van der Waals surface area contributed by atoms with Crippen molar-refractivity contribution in [2.75, 3.05) is 0 Å². The number of rotatable bonds is 2. The highest BCUT2D eigenvalue weighted by atomic mass is 79.9. The minimum Gasteiger partial charge on any atom is -0.260 e. The van der Waals surface area contributed by atoms with Crippen molar-refractivity contribution < 1.29 is 0 Å². The Morgan fingerprint density at radius 3 is 2.90 bits per heavy atom. The maximum Gasteiger partial charge on any atom is 0.0441 e. The third kappa shape index (κ3) is 2.10. The van der Waals surface area contributed by atoms with Crippen LogP contribution in [-0.2, 0) is 0 Å². The van der Waals surface area contributed by atoms with E-state index in [-0.39, 0.29) is 0 Å². The number of halogens is 1. The predicted molar refractivity (Wildman–Crippen MR) is 45.6 cm³/mol. The molecule has 2 heteroatoms. The standard InChI is InChI=1S/C8H9BrN/c1-2-3-8-5-4-7(9)6-10-8/h3-6H,2H2,1H3. The first-order valence-electron chi connectivity index (χ1n) is 3.27. The summed E-state index contributed by atoms with van der Waals surface area (Å²) in [6.45, 7) is 2.10. The van der Waals surface area contributed by atoms with Gasteiger partial charge in [-0.1, -0.05) is 6.92 Å². The van der Waals surface area contributed by atoms with Crippen molar-refractivity contribution in [3.8, 4) is 0 Å². The highest BCUT2D eigenvalue weighted by Crippen LogP contribution is 2.08. The molecule has 0 saturated heterocycles. The van der Waals surface area contributed by atoms with Crippen LogP contribution in [0.1, 0.15) is 19.0 Å². The molecule has 0 spiro atoms. The van der Waals surface area contributed by atoms with Crippen LogP contribution in [0, 0.1) is 6.42 Å². The largest absolute Gasteiger partial charge is 0.260 e. The minimum atomic E-state index is 1.03. The summed E-state index contributed by atoms with van der Waals surface area (Å²) in [5.74, 6) is 0. The average Bonchev–Trinajstić information content (AvgIpc) is 1.95. The molecule has 0 atom stereocenters. The summed E-state index contributed by atoms with van der Waals surface area (Å²) >= 11 is 3.32. The Morgan fingerprint density at radius 2 is 2.40 bits per heavy atom. The van der Waals surface area contributed by atoms with Crippen LogP contribution in [0.15, 0.2) is 22.8 Å². The Labute approximate surface area is 69.6 Å². The van der Waals surface area contributed by atoms with Crippen LogP contribution < -0.4 is 0 Å². The third-order valence-electron chi connectivity index (χ3n) is 1.16. The van der Waals surface area contributed by atoms with Crippen LogP contribution in [0.4, 0.5) is 0 Å². The highest BCUT2D eigenvalue weighted by Gasteiger charge is 1.90. The molecule has 0 aliphatic heterocycles. The van der Waals surface area contributed by atoms with Gasteiger partial charge in [0.15, 0.2) is 0 Å². The summed E-state index contributed by atoms with van der Waals surface area (Å²) in [6, 6.07) is 3.99. The molecule has 1 aromatic heterocycles. The topological polar surface area (TPSA) is 12.9 Å². The Kier molecular flexibility index (Phi) is 2.87. The third-order valence-corrected chi connectivity index (χ3v) is 1.63. The number of aromatic nitrogens is 1. The highest BCUT2D eigenvalue weighted by molar-refractivity contribution is 9.10. The van der Waals surface area contributed by atoms with Crippen molar-refractivity contribution in [2.45, 2.75) is 13.3 Å². The first kappa shape index (κ1) is 7.73. The summed E-state index contributed by atoms with van der Waals surface area (Å²) in [7, 11) is 0. The van der Waals surface area contributed by atoms with E-state index in [1.807, 2.05) is 18.3 Å². The fraction of sp³-hybridized carbons (Fsp3) is 0.250. The van der Waals surface area contributed by atoms with Crippen LogP contribution in [-0.4, -0.2) is 4.98 Å². The van der Waals surface area contributed by atoms with Gasteiger partial charge in [-0.05, 0) is 34.5 Å². The summed E-state index contributed by atoms with van der Waals surface area (Å²) in [6.07, 6.45) is 4.93. The van der Waals surface area contributed by atoms with Crippen molar-refractivity contribution in [2.24, 2.45) is 0 Å². The lowest BCUT2D eigenvalue weighted by atomic mass is 10.2. The second-order valence-electron chi connectivity index (χ2n) is 2.01. The summed E-state index contributed by atoms with van der Waals surface area (Å²) in [5.41, 5.74) is 1.05. The lowest BCUT2D eigenvalue weighted by Gasteiger charge is -1.94. The molecule has 0 bridgehead atoms. The van der Waals surface area contributed by atoms with Gasteiger partial charge < -0.3 is 0 Å². The monoisotopic (exact) mass is 198 g/mol. The number of hydrogen-bond acceptors (Lipinski definition) is 1. The second kappa shape index (κ2) is 3.71.